The van der Waals surface area contributed by atoms with Gasteiger partial charge in [-0.25, -0.2) is 8.42 Å². The first-order chi connectivity index (χ1) is 9.16. The van der Waals surface area contributed by atoms with E-state index in [2.05, 4.69) is 17.0 Å². The van der Waals surface area contributed by atoms with E-state index in [4.69, 9.17) is 0 Å². The zero-order chi connectivity index (χ0) is 13.3. The number of hydrogen-bond acceptors (Lipinski definition) is 3. The van der Waals surface area contributed by atoms with Crippen LogP contribution in [0, 0.1) is 0 Å². The minimum atomic E-state index is -2.98. The molecule has 4 nitrogen and oxygen atoms in total. The van der Waals surface area contributed by atoms with Crippen LogP contribution in [0.2, 0.25) is 0 Å². The number of benzene rings is 1. The summed E-state index contributed by atoms with van der Waals surface area (Å²) in [5, 5.41) is -0.0758. The molecular weight excluding hydrogens is 260 g/mol. The Hall–Kier alpha value is -0.910. The van der Waals surface area contributed by atoms with Crippen molar-refractivity contribution in [3.63, 3.8) is 0 Å². The first-order valence-corrected chi connectivity index (χ1v) is 8.42. The Labute approximate surface area is 115 Å². The number of piperazine rings is 1. The van der Waals surface area contributed by atoms with Gasteiger partial charge in [0.1, 0.15) is 0 Å². The van der Waals surface area contributed by atoms with Crippen molar-refractivity contribution in [2.24, 2.45) is 0 Å². The fourth-order valence-corrected chi connectivity index (χ4v) is 4.39. The molecule has 1 heterocycles. The average molecular weight is 280 g/mol. The molecule has 1 aliphatic carbocycles. The minimum Gasteiger partial charge on any atom is -0.296 e. The van der Waals surface area contributed by atoms with Crippen LogP contribution in [0.5, 0.6) is 0 Å². The van der Waals surface area contributed by atoms with Crippen molar-refractivity contribution in [3.05, 3.63) is 35.9 Å². The summed E-state index contributed by atoms with van der Waals surface area (Å²) in [5.41, 5.74) is 1.29. The zero-order valence-corrected chi connectivity index (χ0v) is 11.8. The molecule has 0 radical (unpaired) electrons. The largest absolute Gasteiger partial charge is 0.296 e. The summed E-state index contributed by atoms with van der Waals surface area (Å²) in [6.45, 7) is 3.87. The molecule has 0 atom stereocenters. The van der Waals surface area contributed by atoms with Gasteiger partial charge in [0.2, 0.25) is 10.0 Å². The van der Waals surface area contributed by atoms with Gasteiger partial charge in [0, 0.05) is 32.7 Å². The second-order valence-electron chi connectivity index (χ2n) is 5.41. The highest BCUT2D eigenvalue weighted by atomic mass is 32.2. The molecular formula is C14H20N2O2S. The van der Waals surface area contributed by atoms with Crippen LogP contribution in [0.1, 0.15) is 18.4 Å². The topological polar surface area (TPSA) is 40.6 Å². The summed E-state index contributed by atoms with van der Waals surface area (Å²) in [5.74, 6) is 0. The molecule has 5 heteroatoms. The monoisotopic (exact) mass is 280 g/mol. The molecule has 19 heavy (non-hydrogen) atoms. The van der Waals surface area contributed by atoms with Crippen molar-refractivity contribution in [1.82, 2.24) is 9.21 Å². The summed E-state index contributed by atoms with van der Waals surface area (Å²) in [6.07, 6.45) is 1.71. The molecule has 1 saturated carbocycles. The molecule has 2 aliphatic rings. The molecule has 0 N–H and O–H groups in total. The van der Waals surface area contributed by atoms with Crippen LogP contribution in [-0.4, -0.2) is 49.1 Å². The summed E-state index contributed by atoms with van der Waals surface area (Å²) in [6, 6.07) is 10.3. The van der Waals surface area contributed by atoms with E-state index in [9.17, 15) is 8.42 Å². The third-order valence-electron chi connectivity index (χ3n) is 3.89. The quantitative estimate of drug-likeness (QED) is 0.834. The molecule has 1 aliphatic heterocycles. The molecule has 0 unspecified atom stereocenters. The normalized spacial score (nSPS) is 22.5. The van der Waals surface area contributed by atoms with Gasteiger partial charge in [-0.2, -0.15) is 4.31 Å². The standard InChI is InChI=1S/C14H20N2O2S/c17-19(18,14-6-7-14)16-10-8-15(9-11-16)12-13-4-2-1-3-5-13/h1-5,14H,6-12H2. The first kappa shape index (κ1) is 13.1. The average Bonchev–Trinajstić information content (AvgIpc) is 3.25. The van der Waals surface area contributed by atoms with E-state index in [1.54, 1.807) is 4.31 Å². The Kier molecular flexibility index (Phi) is 3.60. The molecule has 0 amide bonds. The maximum atomic E-state index is 12.1. The van der Waals surface area contributed by atoms with E-state index in [0.717, 1.165) is 32.5 Å². The molecule has 0 bridgehead atoms. The molecule has 1 saturated heterocycles. The Morgan fingerprint density at radius 1 is 1.00 bits per heavy atom. The van der Waals surface area contributed by atoms with Crippen molar-refractivity contribution in [3.8, 4) is 0 Å². The van der Waals surface area contributed by atoms with E-state index >= 15 is 0 Å². The predicted molar refractivity (Wildman–Crippen MR) is 75.2 cm³/mol. The van der Waals surface area contributed by atoms with Crippen molar-refractivity contribution in [2.75, 3.05) is 26.2 Å². The van der Waals surface area contributed by atoms with Gasteiger partial charge >= 0.3 is 0 Å². The van der Waals surface area contributed by atoms with Gasteiger partial charge in [-0.05, 0) is 18.4 Å². The Balaban J connectivity index is 1.55. The van der Waals surface area contributed by atoms with E-state index in [-0.39, 0.29) is 5.25 Å². The van der Waals surface area contributed by atoms with E-state index in [0.29, 0.717) is 13.1 Å². The number of rotatable bonds is 4. The lowest BCUT2D eigenvalue weighted by Crippen LogP contribution is -2.49. The SMILES string of the molecule is O=S(=O)(C1CC1)N1CCN(Cc2ccccc2)CC1. The second-order valence-corrected chi connectivity index (χ2v) is 7.62. The smallest absolute Gasteiger partial charge is 0.217 e. The number of sulfonamides is 1. The van der Waals surface area contributed by atoms with Gasteiger partial charge in [-0.15, -0.1) is 0 Å². The van der Waals surface area contributed by atoms with Crippen molar-refractivity contribution in [1.29, 1.82) is 0 Å². The van der Waals surface area contributed by atoms with Crippen molar-refractivity contribution in [2.45, 2.75) is 24.6 Å². The highest BCUT2D eigenvalue weighted by Crippen LogP contribution is 2.31. The first-order valence-electron chi connectivity index (χ1n) is 6.91. The van der Waals surface area contributed by atoms with Crippen LogP contribution < -0.4 is 0 Å². The molecule has 104 valence electrons. The zero-order valence-electron chi connectivity index (χ0n) is 11.0. The lowest BCUT2D eigenvalue weighted by molar-refractivity contribution is 0.181. The lowest BCUT2D eigenvalue weighted by atomic mass is 10.2. The van der Waals surface area contributed by atoms with Crippen molar-refractivity contribution >= 4 is 10.0 Å². The highest BCUT2D eigenvalue weighted by molar-refractivity contribution is 7.90. The third-order valence-corrected chi connectivity index (χ3v) is 6.28. The van der Waals surface area contributed by atoms with Gasteiger partial charge < -0.3 is 0 Å². The summed E-state index contributed by atoms with van der Waals surface area (Å²) in [4.78, 5) is 2.33. The third kappa shape index (κ3) is 2.99. The van der Waals surface area contributed by atoms with Gasteiger partial charge in [-0.1, -0.05) is 30.3 Å². The fourth-order valence-electron chi connectivity index (χ4n) is 2.56. The van der Waals surface area contributed by atoms with Crippen LogP contribution in [-0.2, 0) is 16.6 Å². The fraction of sp³-hybridized carbons (Fsp3) is 0.571. The van der Waals surface area contributed by atoms with Gasteiger partial charge in [0.25, 0.3) is 0 Å². The predicted octanol–water partition coefficient (Wildman–Crippen LogP) is 1.30. The number of nitrogens with zero attached hydrogens (tertiary/aromatic N) is 2. The lowest BCUT2D eigenvalue weighted by Gasteiger charge is -2.34. The summed E-state index contributed by atoms with van der Waals surface area (Å²) >= 11 is 0. The Morgan fingerprint density at radius 3 is 2.21 bits per heavy atom. The minimum absolute atomic E-state index is 0.0758. The maximum absolute atomic E-state index is 12.1. The van der Waals surface area contributed by atoms with Crippen LogP contribution in [0.15, 0.2) is 30.3 Å². The van der Waals surface area contributed by atoms with Gasteiger partial charge in [0.15, 0.2) is 0 Å². The van der Waals surface area contributed by atoms with Crippen LogP contribution in [0.25, 0.3) is 0 Å². The van der Waals surface area contributed by atoms with E-state index in [1.807, 2.05) is 18.2 Å². The molecule has 3 rings (SSSR count). The maximum Gasteiger partial charge on any atom is 0.217 e. The van der Waals surface area contributed by atoms with E-state index in [1.165, 1.54) is 5.56 Å². The summed E-state index contributed by atoms with van der Waals surface area (Å²) < 4.78 is 25.9. The molecule has 0 spiro atoms. The van der Waals surface area contributed by atoms with Gasteiger partial charge in [-0.3, -0.25) is 4.90 Å². The van der Waals surface area contributed by atoms with Crippen LogP contribution in [0.4, 0.5) is 0 Å². The molecule has 1 aromatic carbocycles. The number of hydrogen-bond donors (Lipinski definition) is 0. The van der Waals surface area contributed by atoms with Gasteiger partial charge in [0.05, 0.1) is 5.25 Å². The van der Waals surface area contributed by atoms with E-state index < -0.39 is 10.0 Å². The molecule has 0 aromatic heterocycles. The molecule has 2 fully saturated rings. The second kappa shape index (κ2) is 5.23. The summed E-state index contributed by atoms with van der Waals surface area (Å²) in [7, 11) is -2.98. The molecule has 1 aromatic rings. The highest BCUT2D eigenvalue weighted by Gasteiger charge is 2.40. The van der Waals surface area contributed by atoms with Crippen molar-refractivity contribution < 1.29 is 8.42 Å². The Bertz CT molecular complexity index is 518. The Morgan fingerprint density at radius 2 is 1.63 bits per heavy atom. The van der Waals surface area contributed by atoms with Crippen LogP contribution >= 0.6 is 0 Å². The van der Waals surface area contributed by atoms with Crippen LogP contribution in [0.3, 0.4) is 0 Å².